The van der Waals surface area contributed by atoms with Gasteiger partial charge < -0.3 is 9.84 Å². The van der Waals surface area contributed by atoms with Gasteiger partial charge in [-0.2, -0.15) is 0 Å². The van der Waals surface area contributed by atoms with Gasteiger partial charge in [0.15, 0.2) is 0 Å². The summed E-state index contributed by atoms with van der Waals surface area (Å²) in [6, 6.07) is 0. The standard InChI is InChI=1S/C12H20O2/c1-6-8-11(3,4)12(5,13)9-10-14-7-2/h6,13H,1,7-8H2,2-5H3. The summed E-state index contributed by atoms with van der Waals surface area (Å²) in [5, 5.41) is 10.1. The van der Waals surface area contributed by atoms with E-state index in [1.54, 1.807) is 13.0 Å². The predicted octanol–water partition coefficient (Wildman–Crippen LogP) is 2.34. The van der Waals surface area contributed by atoms with E-state index in [9.17, 15) is 5.11 Å². The van der Waals surface area contributed by atoms with Crippen LogP contribution in [0.4, 0.5) is 0 Å². The molecule has 1 atom stereocenters. The van der Waals surface area contributed by atoms with Crippen molar-refractivity contribution in [3.05, 3.63) is 12.7 Å². The van der Waals surface area contributed by atoms with Crippen LogP contribution in [0.3, 0.4) is 0 Å². The smallest absolute Gasteiger partial charge is 0.131 e. The Morgan fingerprint density at radius 3 is 2.43 bits per heavy atom. The second kappa shape index (κ2) is 5.07. The number of allylic oxidation sites excluding steroid dienone is 1. The van der Waals surface area contributed by atoms with Gasteiger partial charge in [0, 0.05) is 5.41 Å². The van der Waals surface area contributed by atoms with Gasteiger partial charge in [0.05, 0.1) is 6.61 Å². The topological polar surface area (TPSA) is 29.5 Å². The van der Waals surface area contributed by atoms with Gasteiger partial charge in [0.1, 0.15) is 11.7 Å². The Hall–Kier alpha value is -0.940. The largest absolute Gasteiger partial charge is 0.447 e. The Kier molecular flexibility index (Phi) is 4.73. The van der Waals surface area contributed by atoms with Gasteiger partial charge in [-0.05, 0) is 26.2 Å². The maximum absolute atomic E-state index is 10.1. The summed E-state index contributed by atoms with van der Waals surface area (Å²) in [6.07, 6.45) is 5.00. The van der Waals surface area contributed by atoms with Crippen molar-refractivity contribution in [3.8, 4) is 12.0 Å². The van der Waals surface area contributed by atoms with E-state index in [2.05, 4.69) is 18.6 Å². The van der Waals surface area contributed by atoms with Crippen LogP contribution in [0.25, 0.3) is 0 Å². The normalized spacial score (nSPS) is 14.9. The molecule has 1 N–H and O–H groups in total. The van der Waals surface area contributed by atoms with E-state index < -0.39 is 5.60 Å². The lowest BCUT2D eigenvalue weighted by atomic mass is 9.74. The first-order chi connectivity index (χ1) is 6.37. The van der Waals surface area contributed by atoms with Crippen molar-refractivity contribution in [1.29, 1.82) is 0 Å². The van der Waals surface area contributed by atoms with E-state index in [0.717, 1.165) is 0 Å². The first-order valence-corrected chi connectivity index (χ1v) is 4.84. The van der Waals surface area contributed by atoms with Crippen LogP contribution in [0, 0.1) is 17.4 Å². The van der Waals surface area contributed by atoms with Crippen LogP contribution >= 0.6 is 0 Å². The number of hydrogen-bond acceptors (Lipinski definition) is 2. The first kappa shape index (κ1) is 13.1. The molecule has 0 aromatic heterocycles. The van der Waals surface area contributed by atoms with Crippen LogP contribution < -0.4 is 0 Å². The molecule has 0 aromatic carbocycles. The van der Waals surface area contributed by atoms with E-state index in [1.807, 2.05) is 20.8 Å². The molecule has 0 aliphatic carbocycles. The van der Waals surface area contributed by atoms with Crippen molar-refractivity contribution in [2.75, 3.05) is 6.61 Å². The van der Waals surface area contributed by atoms with E-state index in [1.165, 1.54) is 0 Å². The lowest BCUT2D eigenvalue weighted by molar-refractivity contribution is 0.00208. The molecule has 0 radical (unpaired) electrons. The summed E-state index contributed by atoms with van der Waals surface area (Å²) in [5.74, 6) is 2.72. The third kappa shape index (κ3) is 3.43. The van der Waals surface area contributed by atoms with E-state index in [-0.39, 0.29) is 5.41 Å². The highest BCUT2D eigenvalue weighted by Crippen LogP contribution is 2.33. The van der Waals surface area contributed by atoms with Gasteiger partial charge in [-0.1, -0.05) is 19.9 Å². The minimum absolute atomic E-state index is 0.321. The van der Waals surface area contributed by atoms with E-state index in [4.69, 9.17) is 4.74 Å². The van der Waals surface area contributed by atoms with Crippen LogP contribution in [-0.2, 0) is 4.74 Å². The zero-order valence-electron chi connectivity index (χ0n) is 9.55. The number of hydrogen-bond donors (Lipinski definition) is 1. The summed E-state index contributed by atoms with van der Waals surface area (Å²) in [5.41, 5.74) is -1.38. The second-order valence-electron chi connectivity index (χ2n) is 4.11. The molecule has 0 saturated carbocycles. The Morgan fingerprint density at radius 1 is 1.43 bits per heavy atom. The maximum atomic E-state index is 10.1. The molecular weight excluding hydrogens is 176 g/mol. The molecular formula is C12H20O2. The molecule has 0 aliphatic heterocycles. The highest BCUT2D eigenvalue weighted by Gasteiger charge is 2.37. The molecule has 0 fully saturated rings. The van der Waals surface area contributed by atoms with Crippen LogP contribution in [0.2, 0.25) is 0 Å². The summed E-state index contributed by atoms with van der Waals surface area (Å²) in [7, 11) is 0. The number of rotatable bonds is 4. The van der Waals surface area contributed by atoms with E-state index >= 15 is 0 Å². The molecule has 0 spiro atoms. The third-order valence-electron chi connectivity index (χ3n) is 2.48. The average molecular weight is 196 g/mol. The van der Waals surface area contributed by atoms with Gasteiger partial charge in [0.25, 0.3) is 0 Å². The van der Waals surface area contributed by atoms with E-state index in [0.29, 0.717) is 13.0 Å². The second-order valence-corrected chi connectivity index (χ2v) is 4.11. The fourth-order valence-electron chi connectivity index (χ4n) is 0.936. The molecule has 0 bridgehead atoms. The average Bonchev–Trinajstić information content (AvgIpc) is 2.04. The Bertz CT molecular complexity index is 241. The van der Waals surface area contributed by atoms with Crippen LogP contribution in [-0.4, -0.2) is 17.3 Å². The molecule has 0 rings (SSSR count). The predicted molar refractivity (Wildman–Crippen MR) is 58.6 cm³/mol. The highest BCUT2D eigenvalue weighted by atomic mass is 16.5. The van der Waals surface area contributed by atoms with Crippen molar-refractivity contribution in [3.63, 3.8) is 0 Å². The Labute approximate surface area is 87.0 Å². The molecule has 2 heteroatoms. The molecule has 0 saturated heterocycles. The molecule has 1 unspecified atom stereocenters. The zero-order valence-corrected chi connectivity index (χ0v) is 9.55. The third-order valence-corrected chi connectivity index (χ3v) is 2.48. The molecule has 2 nitrogen and oxygen atoms in total. The summed E-state index contributed by atoms with van der Waals surface area (Å²) >= 11 is 0. The summed E-state index contributed by atoms with van der Waals surface area (Å²) < 4.78 is 4.90. The zero-order chi connectivity index (χ0) is 11.2. The van der Waals surface area contributed by atoms with Crippen LogP contribution in [0.5, 0.6) is 0 Å². The highest BCUT2D eigenvalue weighted by molar-refractivity contribution is 5.15. The van der Waals surface area contributed by atoms with Crippen LogP contribution in [0.15, 0.2) is 12.7 Å². The van der Waals surface area contributed by atoms with Gasteiger partial charge >= 0.3 is 0 Å². The van der Waals surface area contributed by atoms with Crippen molar-refractivity contribution < 1.29 is 9.84 Å². The number of aliphatic hydroxyl groups is 1. The first-order valence-electron chi connectivity index (χ1n) is 4.84. The van der Waals surface area contributed by atoms with Crippen molar-refractivity contribution >= 4 is 0 Å². The van der Waals surface area contributed by atoms with Gasteiger partial charge in [-0.3, -0.25) is 0 Å². The molecule has 0 aromatic rings. The van der Waals surface area contributed by atoms with Crippen molar-refractivity contribution in [2.45, 2.75) is 39.7 Å². The quantitative estimate of drug-likeness (QED) is 0.552. The summed E-state index contributed by atoms with van der Waals surface area (Å²) in [4.78, 5) is 0. The molecule has 0 amide bonds. The minimum atomic E-state index is -1.06. The van der Waals surface area contributed by atoms with Gasteiger partial charge in [0.2, 0.25) is 0 Å². The Morgan fingerprint density at radius 2 is 2.00 bits per heavy atom. The maximum Gasteiger partial charge on any atom is 0.131 e. The lowest BCUT2D eigenvalue weighted by Crippen LogP contribution is -2.40. The van der Waals surface area contributed by atoms with Crippen LogP contribution in [0.1, 0.15) is 34.1 Å². The minimum Gasteiger partial charge on any atom is -0.447 e. The van der Waals surface area contributed by atoms with Crippen molar-refractivity contribution in [2.24, 2.45) is 5.41 Å². The number of ether oxygens (including phenoxy) is 1. The lowest BCUT2D eigenvalue weighted by Gasteiger charge is -2.35. The molecule has 0 aliphatic rings. The molecule has 0 heterocycles. The molecule has 80 valence electrons. The summed E-state index contributed by atoms with van der Waals surface area (Å²) in [6.45, 7) is 11.7. The Balaban J connectivity index is 4.60. The SMILES string of the molecule is C=CCC(C)(C)C(C)(O)C#COCC. The van der Waals surface area contributed by atoms with Crippen molar-refractivity contribution in [1.82, 2.24) is 0 Å². The monoisotopic (exact) mass is 196 g/mol. The van der Waals surface area contributed by atoms with Gasteiger partial charge in [-0.15, -0.1) is 6.58 Å². The fraction of sp³-hybridized carbons (Fsp3) is 0.667. The molecule has 14 heavy (non-hydrogen) atoms. The fourth-order valence-corrected chi connectivity index (χ4v) is 0.936. The van der Waals surface area contributed by atoms with Gasteiger partial charge in [-0.25, -0.2) is 0 Å².